The van der Waals surface area contributed by atoms with Crippen LogP contribution in [0, 0.1) is 0 Å². The Kier molecular flexibility index (Phi) is 7.78. The van der Waals surface area contributed by atoms with Crippen LogP contribution in [0.3, 0.4) is 0 Å². The van der Waals surface area contributed by atoms with Gasteiger partial charge in [0.2, 0.25) is 5.88 Å². The van der Waals surface area contributed by atoms with E-state index in [1.807, 2.05) is 49.2 Å². The lowest BCUT2D eigenvalue weighted by molar-refractivity contribution is -0.0454. The number of anilines is 1. The van der Waals surface area contributed by atoms with E-state index in [0.717, 1.165) is 5.56 Å². The van der Waals surface area contributed by atoms with Crippen molar-refractivity contribution in [1.82, 2.24) is 29.9 Å². The minimum Gasteiger partial charge on any atom is -0.478 e. The van der Waals surface area contributed by atoms with E-state index in [4.69, 9.17) is 20.0 Å². The Morgan fingerprint density at radius 2 is 2.03 bits per heavy atom. The van der Waals surface area contributed by atoms with Crippen LogP contribution in [0.2, 0.25) is 0 Å². The summed E-state index contributed by atoms with van der Waals surface area (Å²) in [5.74, 6) is 1.06. The third-order valence-corrected chi connectivity index (χ3v) is 5.70. The monoisotopic (exact) mass is 485 g/mol. The van der Waals surface area contributed by atoms with Crippen molar-refractivity contribution in [3.63, 3.8) is 0 Å². The molecule has 35 heavy (non-hydrogen) atoms. The summed E-state index contributed by atoms with van der Waals surface area (Å²) in [6, 6.07) is 9.44. The number of hydroxylamine groups is 1. The number of ether oxygens (including phenoxy) is 2. The molecular weight excluding hydrogens is 454 g/mol. The Morgan fingerprint density at radius 3 is 2.77 bits per heavy atom. The van der Waals surface area contributed by atoms with Gasteiger partial charge in [-0.1, -0.05) is 30.3 Å². The summed E-state index contributed by atoms with van der Waals surface area (Å²) >= 11 is 0. The van der Waals surface area contributed by atoms with Gasteiger partial charge in [0.05, 0.1) is 13.2 Å². The van der Waals surface area contributed by atoms with Gasteiger partial charge >= 0.3 is 0 Å². The Labute approximate surface area is 202 Å². The lowest BCUT2D eigenvalue weighted by Crippen LogP contribution is -2.39. The second-order valence-corrected chi connectivity index (χ2v) is 8.22. The topological polar surface area (TPSA) is 153 Å². The number of nitrogens with zero attached hydrogens (tertiary/aromatic N) is 5. The molecule has 3 aromatic rings. The highest BCUT2D eigenvalue weighted by Crippen LogP contribution is 2.36. The number of fused-ring (bicyclic) bond motifs is 1. The van der Waals surface area contributed by atoms with Crippen molar-refractivity contribution in [3.05, 3.63) is 49.1 Å². The number of nitrogen functional groups attached to an aromatic ring is 1. The number of rotatable bonds is 11. The number of aliphatic hydroxyl groups excluding tert-OH is 2. The van der Waals surface area contributed by atoms with E-state index in [0.29, 0.717) is 49.2 Å². The van der Waals surface area contributed by atoms with E-state index in [1.54, 1.807) is 4.57 Å². The molecule has 188 valence electrons. The van der Waals surface area contributed by atoms with Crippen molar-refractivity contribution in [2.75, 3.05) is 39.1 Å². The lowest BCUT2D eigenvalue weighted by atomic mass is 10.1. The molecule has 12 nitrogen and oxygen atoms in total. The summed E-state index contributed by atoms with van der Waals surface area (Å²) in [5.41, 5.74) is 10.3. The zero-order chi connectivity index (χ0) is 24.9. The molecule has 5 N–H and O–H groups in total. The van der Waals surface area contributed by atoms with Gasteiger partial charge in [-0.25, -0.2) is 20.4 Å². The van der Waals surface area contributed by atoms with E-state index in [2.05, 4.69) is 27.0 Å². The average Bonchev–Trinajstić information content (AvgIpc) is 3.36. The molecule has 0 amide bonds. The maximum Gasteiger partial charge on any atom is 0.203 e. The number of benzene rings is 1. The smallest absolute Gasteiger partial charge is 0.203 e. The van der Waals surface area contributed by atoms with Crippen molar-refractivity contribution in [3.8, 4) is 11.4 Å². The molecule has 0 bridgehead atoms. The maximum atomic E-state index is 11.0. The predicted octanol–water partition coefficient (Wildman–Crippen LogP) is 0.655. The fourth-order valence-corrected chi connectivity index (χ4v) is 3.99. The molecule has 2 unspecified atom stereocenters. The van der Waals surface area contributed by atoms with Crippen LogP contribution in [-0.2, 0) is 14.3 Å². The number of nitrogens with one attached hydrogen (secondary N) is 1. The van der Waals surface area contributed by atoms with Gasteiger partial charge in [0.25, 0.3) is 0 Å². The minimum absolute atomic E-state index is 0.218. The number of aromatic nitrogens is 4. The first kappa shape index (κ1) is 24.8. The molecule has 1 aromatic carbocycles. The van der Waals surface area contributed by atoms with Crippen LogP contribution in [0.1, 0.15) is 13.2 Å². The lowest BCUT2D eigenvalue weighted by Gasteiger charge is -2.23. The third-order valence-electron chi connectivity index (χ3n) is 5.70. The molecule has 4 atom stereocenters. The van der Waals surface area contributed by atoms with Crippen molar-refractivity contribution in [1.29, 1.82) is 0 Å². The van der Waals surface area contributed by atoms with Gasteiger partial charge in [-0.3, -0.25) is 9.40 Å². The van der Waals surface area contributed by atoms with Crippen LogP contribution in [0.25, 0.3) is 22.6 Å². The van der Waals surface area contributed by atoms with Crippen molar-refractivity contribution in [2.24, 2.45) is 0 Å². The average molecular weight is 486 g/mol. The first-order valence-electron chi connectivity index (χ1n) is 11.3. The number of nitrogens with two attached hydrogens (primary N) is 1. The molecule has 0 radical (unpaired) electrons. The molecule has 1 fully saturated rings. The zero-order valence-corrected chi connectivity index (χ0v) is 19.7. The molecule has 1 aliphatic rings. The van der Waals surface area contributed by atoms with E-state index < -0.39 is 24.5 Å². The molecule has 2 aromatic heterocycles. The fourth-order valence-electron chi connectivity index (χ4n) is 3.99. The molecule has 12 heteroatoms. The van der Waals surface area contributed by atoms with Crippen molar-refractivity contribution < 1.29 is 24.5 Å². The van der Waals surface area contributed by atoms with Crippen molar-refractivity contribution in [2.45, 2.75) is 31.5 Å². The molecule has 3 heterocycles. The summed E-state index contributed by atoms with van der Waals surface area (Å²) in [6.45, 7) is 7.26. The fraction of sp³-hybridized carbons (Fsp3) is 0.435. The number of likely N-dealkylation sites (N-methyl/N-ethyl adjacent to an activating group) is 1. The highest BCUT2D eigenvalue weighted by Gasteiger charge is 2.45. The van der Waals surface area contributed by atoms with Gasteiger partial charge in [-0.05, 0) is 20.6 Å². The molecule has 0 spiro atoms. The number of hydrogen-bond donors (Lipinski definition) is 4. The largest absolute Gasteiger partial charge is 0.478 e. The number of aliphatic hydroxyl groups is 2. The SMILES string of the molecule is C=C(NOCCN(C)C[C@H]1O[C@@H](n2c(-c3ccccc3)nc3c(N)ncnc32)C(O)C1O)OCC. The molecule has 1 aliphatic heterocycles. The number of hydrogen-bond acceptors (Lipinski definition) is 11. The van der Waals surface area contributed by atoms with Crippen molar-refractivity contribution >= 4 is 17.0 Å². The summed E-state index contributed by atoms with van der Waals surface area (Å²) in [4.78, 5) is 20.3. The summed E-state index contributed by atoms with van der Waals surface area (Å²) < 4.78 is 13.0. The quantitative estimate of drug-likeness (QED) is 0.172. The second-order valence-electron chi connectivity index (χ2n) is 8.22. The Balaban J connectivity index is 1.50. The molecule has 1 saturated heterocycles. The summed E-state index contributed by atoms with van der Waals surface area (Å²) in [5, 5.41) is 21.8. The highest BCUT2D eigenvalue weighted by atomic mass is 16.7. The molecule has 0 aliphatic carbocycles. The van der Waals surface area contributed by atoms with E-state index in [9.17, 15) is 10.2 Å². The Bertz CT molecular complexity index is 1140. The van der Waals surface area contributed by atoms with Gasteiger partial charge in [0.15, 0.2) is 23.2 Å². The van der Waals surface area contributed by atoms with Crippen LogP contribution in [0.4, 0.5) is 5.82 Å². The first-order valence-corrected chi connectivity index (χ1v) is 11.3. The maximum absolute atomic E-state index is 11.0. The van der Waals surface area contributed by atoms with Gasteiger partial charge in [-0.15, -0.1) is 0 Å². The standard InChI is InChI=1S/C23H31N7O5/c1-4-33-14(2)28-34-11-10-29(3)12-16-18(31)19(32)23(35-16)30-21(15-8-6-5-7-9-15)27-17-20(24)25-13-26-22(17)30/h5-9,13,16,18-19,23,28,31-32H,2,4,10-12H2,1,3H3,(H2,24,25,26)/t16-,18?,19?,23-/m1/s1. The zero-order valence-electron chi connectivity index (χ0n) is 19.7. The van der Waals surface area contributed by atoms with E-state index in [-0.39, 0.29) is 5.82 Å². The van der Waals surface area contributed by atoms with Gasteiger partial charge in [-0.2, -0.15) is 0 Å². The Morgan fingerprint density at radius 1 is 1.26 bits per heavy atom. The van der Waals surface area contributed by atoms with Gasteiger partial charge in [0, 0.05) is 18.7 Å². The van der Waals surface area contributed by atoms with Crippen LogP contribution >= 0.6 is 0 Å². The molecular formula is C23H31N7O5. The van der Waals surface area contributed by atoms with E-state index >= 15 is 0 Å². The highest BCUT2D eigenvalue weighted by molar-refractivity contribution is 5.85. The first-order chi connectivity index (χ1) is 16.9. The van der Waals surface area contributed by atoms with Crippen LogP contribution < -0.4 is 11.2 Å². The van der Waals surface area contributed by atoms with Gasteiger partial charge in [0.1, 0.15) is 30.5 Å². The van der Waals surface area contributed by atoms with Crippen LogP contribution in [-0.4, -0.2) is 86.3 Å². The second kappa shape index (κ2) is 11.0. The third kappa shape index (κ3) is 5.36. The number of imidazole rings is 1. The predicted molar refractivity (Wildman–Crippen MR) is 128 cm³/mol. The van der Waals surface area contributed by atoms with Crippen LogP contribution in [0.5, 0.6) is 0 Å². The van der Waals surface area contributed by atoms with E-state index in [1.165, 1.54) is 6.33 Å². The molecule has 0 saturated carbocycles. The normalized spacial score (nSPS) is 22.1. The van der Waals surface area contributed by atoms with Gasteiger partial charge < -0.3 is 30.3 Å². The minimum atomic E-state index is -1.21. The Hall–Kier alpha value is -3.29. The van der Waals surface area contributed by atoms with Crippen LogP contribution in [0.15, 0.2) is 49.1 Å². The summed E-state index contributed by atoms with van der Waals surface area (Å²) in [6.07, 6.45) is -2.59. The summed E-state index contributed by atoms with van der Waals surface area (Å²) in [7, 11) is 1.87. The molecule has 4 rings (SSSR count).